The molecule has 6 nitrogen and oxygen atoms in total. The van der Waals surface area contributed by atoms with Gasteiger partial charge in [-0.25, -0.2) is 0 Å². The molecule has 0 aliphatic carbocycles. The fraction of sp³-hybridized carbons (Fsp3) is 0.611. The Morgan fingerprint density at radius 3 is 2.42 bits per heavy atom. The maximum absolute atomic E-state index is 12.0. The third-order valence-corrected chi connectivity index (χ3v) is 3.57. The fourth-order valence-corrected chi connectivity index (χ4v) is 2.15. The van der Waals surface area contributed by atoms with Crippen LogP contribution in [0.3, 0.4) is 0 Å². The molecular formula is C18H29NO5. The van der Waals surface area contributed by atoms with Crippen LogP contribution in [-0.4, -0.2) is 45.6 Å². The van der Waals surface area contributed by atoms with Gasteiger partial charge >= 0.3 is 0 Å². The first-order valence-electron chi connectivity index (χ1n) is 8.12. The lowest BCUT2D eigenvalue weighted by molar-refractivity contribution is -0.128. The molecule has 0 atom stereocenters. The highest BCUT2D eigenvalue weighted by Gasteiger charge is 2.23. The minimum Gasteiger partial charge on any atom is -0.504 e. The Morgan fingerprint density at radius 2 is 1.83 bits per heavy atom. The molecule has 0 heterocycles. The van der Waals surface area contributed by atoms with E-state index in [9.17, 15) is 20.1 Å². The molecule has 0 radical (unpaired) electrons. The van der Waals surface area contributed by atoms with Crippen molar-refractivity contribution in [2.75, 3.05) is 13.2 Å². The number of phenols is 2. The van der Waals surface area contributed by atoms with Crippen molar-refractivity contribution in [3.05, 3.63) is 23.8 Å². The van der Waals surface area contributed by atoms with Crippen LogP contribution in [0.25, 0.3) is 0 Å². The molecule has 0 aliphatic heterocycles. The number of phenolic OH excluding ortho intramolecular Hbond substituents is 2. The summed E-state index contributed by atoms with van der Waals surface area (Å²) in [5.74, 6) is -0.445. The summed E-state index contributed by atoms with van der Waals surface area (Å²) in [5.41, 5.74) is -0.563. The van der Waals surface area contributed by atoms with Gasteiger partial charge < -0.3 is 25.4 Å². The second-order valence-electron chi connectivity index (χ2n) is 7.27. The average Bonchev–Trinajstić information content (AvgIpc) is 2.40. The van der Waals surface area contributed by atoms with Crippen LogP contribution in [-0.2, 0) is 16.0 Å². The summed E-state index contributed by atoms with van der Waals surface area (Å²) in [7, 11) is 0. The molecule has 4 N–H and O–H groups in total. The Kier molecular flexibility index (Phi) is 7.05. The molecule has 0 aliphatic rings. The first kappa shape index (κ1) is 20.3. The number of carbonyl (C=O) groups is 1. The standard InChI is InChI=1S/C18H29NO5/c1-17(2,23)8-10-24-18(3,4)12-16(22)19-9-7-13-5-6-14(20)15(21)11-13/h5-6,11,20-21,23H,7-10,12H2,1-4H3,(H,19,22). The van der Waals surface area contributed by atoms with E-state index in [2.05, 4.69) is 5.32 Å². The second-order valence-corrected chi connectivity index (χ2v) is 7.27. The number of rotatable bonds is 9. The maximum atomic E-state index is 12.0. The van der Waals surface area contributed by atoms with Crippen LogP contribution in [0, 0.1) is 0 Å². The van der Waals surface area contributed by atoms with E-state index in [1.54, 1.807) is 19.9 Å². The van der Waals surface area contributed by atoms with Crippen LogP contribution < -0.4 is 5.32 Å². The fourth-order valence-electron chi connectivity index (χ4n) is 2.15. The van der Waals surface area contributed by atoms with Crippen LogP contribution in [0.5, 0.6) is 11.5 Å². The highest BCUT2D eigenvalue weighted by Crippen LogP contribution is 2.24. The topological polar surface area (TPSA) is 99.0 Å². The molecule has 1 rings (SSSR count). The van der Waals surface area contributed by atoms with E-state index >= 15 is 0 Å². The van der Waals surface area contributed by atoms with E-state index in [4.69, 9.17) is 4.74 Å². The number of aromatic hydroxyl groups is 2. The molecule has 1 amide bonds. The Morgan fingerprint density at radius 1 is 1.17 bits per heavy atom. The predicted octanol–water partition coefficient (Wildman–Crippen LogP) is 2.10. The quantitative estimate of drug-likeness (QED) is 0.517. The van der Waals surface area contributed by atoms with Crippen molar-refractivity contribution in [3.8, 4) is 11.5 Å². The number of hydrogen-bond acceptors (Lipinski definition) is 5. The van der Waals surface area contributed by atoms with Crippen molar-refractivity contribution in [1.82, 2.24) is 5.32 Å². The van der Waals surface area contributed by atoms with E-state index in [1.807, 2.05) is 13.8 Å². The first-order valence-corrected chi connectivity index (χ1v) is 8.12. The summed E-state index contributed by atoms with van der Waals surface area (Å²) < 4.78 is 5.69. The zero-order valence-corrected chi connectivity index (χ0v) is 14.9. The highest BCUT2D eigenvalue weighted by atomic mass is 16.5. The molecule has 136 valence electrons. The number of carbonyl (C=O) groups excluding carboxylic acids is 1. The largest absolute Gasteiger partial charge is 0.504 e. The van der Waals surface area contributed by atoms with Crippen molar-refractivity contribution >= 4 is 5.91 Å². The minimum atomic E-state index is -0.784. The van der Waals surface area contributed by atoms with Gasteiger partial charge in [-0.3, -0.25) is 4.79 Å². The van der Waals surface area contributed by atoms with Crippen molar-refractivity contribution in [2.45, 2.75) is 58.2 Å². The molecule has 0 aromatic heterocycles. The third-order valence-electron chi connectivity index (χ3n) is 3.57. The van der Waals surface area contributed by atoms with Gasteiger partial charge in [-0.05, 0) is 58.2 Å². The molecule has 0 saturated carbocycles. The van der Waals surface area contributed by atoms with Crippen LogP contribution in [0.2, 0.25) is 0 Å². The lowest BCUT2D eigenvalue weighted by Gasteiger charge is -2.26. The monoisotopic (exact) mass is 339 g/mol. The van der Waals surface area contributed by atoms with Crippen LogP contribution in [0.1, 0.15) is 46.1 Å². The normalized spacial score (nSPS) is 12.2. The van der Waals surface area contributed by atoms with Gasteiger partial charge in [0.25, 0.3) is 0 Å². The summed E-state index contributed by atoms with van der Waals surface area (Å²) in [5, 5.41) is 31.2. The number of amides is 1. The van der Waals surface area contributed by atoms with Gasteiger partial charge in [-0.15, -0.1) is 0 Å². The van der Waals surface area contributed by atoms with Crippen molar-refractivity contribution < 1.29 is 24.9 Å². The number of aliphatic hydroxyl groups is 1. The van der Waals surface area contributed by atoms with E-state index in [0.717, 1.165) is 5.56 Å². The Bertz CT molecular complexity index is 549. The zero-order chi connectivity index (χ0) is 18.4. The molecule has 0 spiro atoms. The van der Waals surface area contributed by atoms with Gasteiger partial charge in [0.15, 0.2) is 11.5 Å². The lowest BCUT2D eigenvalue weighted by Crippen LogP contribution is -2.36. The van der Waals surface area contributed by atoms with Gasteiger partial charge in [0, 0.05) is 6.54 Å². The number of ether oxygens (including phenoxy) is 1. The molecule has 1 aromatic rings. The molecular weight excluding hydrogens is 310 g/mol. The van der Waals surface area contributed by atoms with Gasteiger partial charge in [-0.1, -0.05) is 6.07 Å². The van der Waals surface area contributed by atoms with E-state index in [-0.39, 0.29) is 23.8 Å². The van der Waals surface area contributed by atoms with Gasteiger partial charge in [-0.2, -0.15) is 0 Å². The van der Waals surface area contributed by atoms with Crippen LogP contribution in [0.15, 0.2) is 18.2 Å². The van der Waals surface area contributed by atoms with Crippen molar-refractivity contribution in [2.24, 2.45) is 0 Å². The number of hydrogen-bond donors (Lipinski definition) is 4. The lowest BCUT2D eigenvalue weighted by atomic mass is 10.0. The van der Waals surface area contributed by atoms with Crippen molar-refractivity contribution in [3.63, 3.8) is 0 Å². The minimum absolute atomic E-state index is 0.119. The summed E-state index contributed by atoms with van der Waals surface area (Å²) in [6.45, 7) is 7.94. The molecule has 1 aromatic carbocycles. The summed E-state index contributed by atoms with van der Waals surface area (Å²) in [4.78, 5) is 12.0. The van der Waals surface area contributed by atoms with E-state index in [0.29, 0.717) is 26.0 Å². The van der Waals surface area contributed by atoms with Crippen LogP contribution >= 0.6 is 0 Å². The first-order chi connectivity index (χ1) is 11.0. The molecule has 0 bridgehead atoms. The molecule has 0 unspecified atom stereocenters. The molecule has 24 heavy (non-hydrogen) atoms. The number of nitrogens with one attached hydrogen (secondary N) is 1. The van der Waals surface area contributed by atoms with Gasteiger partial charge in [0.05, 0.1) is 24.2 Å². The number of benzene rings is 1. The third kappa shape index (κ3) is 8.17. The Balaban J connectivity index is 2.32. The SMILES string of the molecule is CC(C)(O)CCOC(C)(C)CC(=O)NCCc1ccc(O)c(O)c1. The van der Waals surface area contributed by atoms with Gasteiger partial charge in [0.1, 0.15) is 0 Å². The predicted molar refractivity (Wildman–Crippen MR) is 92.0 cm³/mol. The molecule has 0 saturated heterocycles. The summed E-state index contributed by atoms with van der Waals surface area (Å²) in [6.07, 6.45) is 1.28. The zero-order valence-electron chi connectivity index (χ0n) is 14.9. The second kappa shape index (κ2) is 8.35. The van der Waals surface area contributed by atoms with Crippen molar-refractivity contribution in [1.29, 1.82) is 0 Å². The molecule has 0 fully saturated rings. The highest BCUT2D eigenvalue weighted by molar-refractivity contribution is 5.76. The summed E-state index contributed by atoms with van der Waals surface area (Å²) in [6, 6.07) is 4.60. The van der Waals surface area contributed by atoms with E-state index < -0.39 is 11.2 Å². The Hall–Kier alpha value is -1.79. The average molecular weight is 339 g/mol. The van der Waals surface area contributed by atoms with Crippen LogP contribution in [0.4, 0.5) is 0 Å². The van der Waals surface area contributed by atoms with E-state index in [1.165, 1.54) is 12.1 Å². The Labute approximate surface area is 143 Å². The molecule has 6 heteroatoms. The smallest absolute Gasteiger partial charge is 0.222 e. The summed E-state index contributed by atoms with van der Waals surface area (Å²) >= 11 is 0. The maximum Gasteiger partial charge on any atom is 0.222 e. The van der Waals surface area contributed by atoms with Gasteiger partial charge in [0.2, 0.25) is 5.91 Å².